The summed E-state index contributed by atoms with van der Waals surface area (Å²) in [5, 5.41) is 2.58. The van der Waals surface area contributed by atoms with Crippen LogP contribution < -0.4 is 9.30 Å². The third-order valence-electron chi connectivity index (χ3n) is 6.37. The van der Waals surface area contributed by atoms with Gasteiger partial charge >= 0.3 is 0 Å². The first-order valence-corrected chi connectivity index (χ1v) is 11.4. The van der Waals surface area contributed by atoms with Gasteiger partial charge in [0.1, 0.15) is 5.75 Å². The van der Waals surface area contributed by atoms with Crippen molar-refractivity contribution in [1.29, 1.82) is 0 Å². The van der Waals surface area contributed by atoms with Crippen LogP contribution in [-0.4, -0.2) is 7.11 Å². The first-order chi connectivity index (χ1) is 16.3. The van der Waals surface area contributed by atoms with Crippen LogP contribution >= 0.6 is 0 Å². The lowest BCUT2D eigenvalue weighted by atomic mass is 9.92. The maximum Gasteiger partial charge on any atom is 0.221 e. The molecule has 0 fully saturated rings. The topological polar surface area (TPSA) is 13.1 Å². The molecule has 0 atom stereocenters. The third-order valence-corrected chi connectivity index (χ3v) is 6.37. The Kier molecular flexibility index (Phi) is 5.91. The minimum atomic E-state index is 0.883. The van der Waals surface area contributed by atoms with Crippen LogP contribution in [0.4, 0.5) is 0 Å². The fourth-order valence-corrected chi connectivity index (χ4v) is 4.73. The molecule has 2 heteroatoms. The van der Waals surface area contributed by atoms with Crippen LogP contribution in [0.25, 0.3) is 33.2 Å². The number of rotatable bonds is 6. The zero-order valence-corrected chi connectivity index (χ0v) is 19.2. The van der Waals surface area contributed by atoms with Gasteiger partial charge in [-0.25, -0.2) is 0 Å². The average Bonchev–Trinajstić information content (AvgIpc) is 2.89. The highest BCUT2D eigenvalue weighted by atomic mass is 16.5. The van der Waals surface area contributed by atoms with Gasteiger partial charge in [-0.15, -0.1) is 0 Å². The molecule has 162 valence electrons. The zero-order valence-electron chi connectivity index (χ0n) is 19.2. The van der Waals surface area contributed by atoms with Gasteiger partial charge in [-0.3, -0.25) is 0 Å². The number of hydrogen-bond acceptors (Lipinski definition) is 1. The molecule has 0 spiro atoms. The average molecular weight is 431 g/mol. The highest BCUT2D eigenvalue weighted by molar-refractivity contribution is 6.02. The van der Waals surface area contributed by atoms with Crippen molar-refractivity contribution in [2.24, 2.45) is 0 Å². The maximum atomic E-state index is 5.45. The highest BCUT2D eigenvalue weighted by Gasteiger charge is 2.26. The Morgan fingerprint density at radius 2 is 1.30 bits per heavy atom. The Morgan fingerprint density at radius 3 is 2.00 bits per heavy atom. The second-order valence-electron chi connectivity index (χ2n) is 8.34. The Hall–Kier alpha value is -3.91. The molecule has 2 nitrogen and oxygen atoms in total. The minimum absolute atomic E-state index is 0.883. The smallest absolute Gasteiger partial charge is 0.221 e. The summed E-state index contributed by atoms with van der Waals surface area (Å²) in [6.45, 7) is 3.13. The number of methoxy groups -OCH3 is 1. The van der Waals surface area contributed by atoms with Crippen LogP contribution in [0.3, 0.4) is 0 Å². The Labute approximate surface area is 195 Å². The molecule has 0 aliphatic heterocycles. The Bertz CT molecular complexity index is 1390. The van der Waals surface area contributed by atoms with Crippen LogP contribution in [0.15, 0.2) is 109 Å². The van der Waals surface area contributed by atoms with E-state index in [-0.39, 0.29) is 0 Å². The van der Waals surface area contributed by atoms with Crippen LogP contribution in [0.5, 0.6) is 5.75 Å². The molecule has 33 heavy (non-hydrogen) atoms. The molecule has 1 aromatic heterocycles. The molecule has 4 aromatic carbocycles. The van der Waals surface area contributed by atoms with Crippen LogP contribution in [0.1, 0.15) is 11.3 Å². The van der Waals surface area contributed by atoms with Gasteiger partial charge in [0.25, 0.3) is 0 Å². The first-order valence-electron chi connectivity index (χ1n) is 11.4. The molecule has 5 rings (SSSR count). The summed E-state index contributed by atoms with van der Waals surface area (Å²) in [5.41, 5.74) is 7.58. The van der Waals surface area contributed by atoms with E-state index in [9.17, 15) is 0 Å². The van der Waals surface area contributed by atoms with E-state index in [1.165, 1.54) is 44.4 Å². The summed E-state index contributed by atoms with van der Waals surface area (Å²) in [6.07, 6.45) is 0.926. The second-order valence-corrected chi connectivity index (χ2v) is 8.34. The lowest BCUT2D eigenvalue weighted by Gasteiger charge is -2.16. The zero-order chi connectivity index (χ0) is 22.6. The minimum Gasteiger partial charge on any atom is -0.497 e. The van der Waals surface area contributed by atoms with Gasteiger partial charge in [-0.05, 0) is 41.5 Å². The van der Waals surface area contributed by atoms with Crippen molar-refractivity contribution < 1.29 is 9.30 Å². The van der Waals surface area contributed by atoms with Gasteiger partial charge < -0.3 is 4.74 Å². The van der Waals surface area contributed by atoms with Gasteiger partial charge in [0, 0.05) is 29.7 Å². The molecule has 0 aliphatic carbocycles. The highest BCUT2D eigenvalue weighted by Crippen LogP contribution is 2.37. The summed E-state index contributed by atoms with van der Waals surface area (Å²) < 4.78 is 7.95. The normalized spacial score (nSPS) is 11.0. The lowest BCUT2D eigenvalue weighted by molar-refractivity contribution is -0.689. The maximum absolute atomic E-state index is 5.45. The molecule has 0 radical (unpaired) electrons. The molecule has 0 saturated heterocycles. The van der Waals surface area contributed by atoms with Crippen LogP contribution in [0.2, 0.25) is 0 Å². The van der Waals surface area contributed by atoms with E-state index in [4.69, 9.17) is 4.74 Å². The SMILES string of the molecule is COc1cccc(CC[n+]2c(-c3ccccc3)c(-c3ccccc3)c3ccccc3c2C)c1. The molecule has 0 amide bonds. The Balaban J connectivity index is 1.76. The van der Waals surface area contributed by atoms with Crippen molar-refractivity contribution in [2.45, 2.75) is 19.9 Å². The van der Waals surface area contributed by atoms with Gasteiger partial charge in [0.05, 0.1) is 12.7 Å². The number of fused-ring (bicyclic) bond motifs is 1. The largest absolute Gasteiger partial charge is 0.497 e. The van der Waals surface area contributed by atoms with Crippen molar-refractivity contribution in [3.8, 4) is 28.1 Å². The van der Waals surface area contributed by atoms with E-state index in [0.717, 1.165) is 18.7 Å². The number of nitrogens with zero attached hydrogens (tertiary/aromatic N) is 1. The summed E-state index contributed by atoms with van der Waals surface area (Å²) >= 11 is 0. The molecule has 0 N–H and O–H groups in total. The summed E-state index contributed by atoms with van der Waals surface area (Å²) in [4.78, 5) is 0. The molecule has 0 bridgehead atoms. The van der Waals surface area contributed by atoms with Gasteiger partial charge in [-0.2, -0.15) is 4.57 Å². The van der Waals surface area contributed by atoms with E-state index in [1.54, 1.807) is 7.11 Å². The van der Waals surface area contributed by atoms with Gasteiger partial charge in [0.15, 0.2) is 12.2 Å². The number of aryl methyl sites for hydroxylation is 2. The third kappa shape index (κ3) is 4.12. The van der Waals surface area contributed by atoms with Gasteiger partial charge in [0.2, 0.25) is 5.69 Å². The number of aromatic nitrogens is 1. The molecule has 1 heterocycles. The van der Waals surface area contributed by atoms with E-state index in [2.05, 4.69) is 115 Å². The van der Waals surface area contributed by atoms with E-state index in [1.807, 2.05) is 6.07 Å². The van der Waals surface area contributed by atoms with E-state index >= 15 is 0 Å². The second kappa shape index (κ2) is 9.30. The monoisotopic (exact) mass is 430 g/mol. The van der Waals surface area contributed by atoms with Gasteiger partial charge in [-0.1, -0.05) is 78.9 Å². The lowest BCUT2D eigenvalue weighted by Crippen LogP contribution is -2.41. The quantitative estimate of drug-likeness (QED) is 0.264. The first kappa shape index (κ1) is 21.0. The van der Waals surface area contributed by atoms with Crippen molar-refractivity contribution in [1.82, 2.24) is 0 Å². The standard InChI is InChI=1S/C31H28NO/c1-23-28-18-9-10-19-29(28)30(25-13-5-3-6-14-25)31(26-15-7-4-8-16-26)32(23)21-20-24-12-11-17-27(22-24)33-2/h3-19,22H,20-21H2,1-2H3/q+1. The predicted molar refractivity (Wildman–Crippen MR) is 136 cm³/mol. The summed E-state index contributed by atoms with van der Waals surface area (Å²) in [5.74, 6) is 0.904. The number of hydrogen-bond donors (Lipinski definition) is 0. The van der Waals surface area contributed by atoms with E-state index in [0.29, 0.717) is 0 Å². The van der Waals surface area contributed by atoms with Crippen molar-refractivity contribution >= 4 is 10.8 Å². The molecule has 5 aromatic rings. The van der Waals surface area contributed by atoms with Crippen LogP contribution in [0, 0.1) is 6.92 Å². The van der Waals surface area contributed by atoms with Crippen LogP contribution in [-0.2, 0) is 13.0 Å². The Morgan fingerprint density at radius 1 is 0.667 bits per heavy atom. The van der Waals surface area contributed by atoms with Crippen molar-refractivity contribution in [3.05, 3.63) is 120 Å². The van der Waals surface area contributed by atoms with Crippen molar-refractivity contribution in [3.63, 3.8) is 0 Å². The summed E-state index contributed by atoms with van der Waals surface area (Å²) in [7, 11) is 1.72. The summed E-state index contributed by atoms with van der Waals surface area (Å²) in [6, 6.07) is 38.7. The fraction of sp³-hybridized carbons (Fsp3) is 0.129. The van der Waals surface area contributed by atoms with Crippen molar-refractivity contribution in [2.75, 3.05) is 7.11 Å². The molecule has 0 saturated carbocycles. The fourth-order valence-electron chi connectivity index (χ4n) is 4.73. The molecule has 0 unspecified atom stereocenters. The molecular formula is C31H28NO+. The number of ether oxygens (including phenoxy) is 1. The molecule has 0 aliphatic rings. The molecular weight excluding hydrogens is 402 g/mol. The van der Waals surface area contributed by atoms with E-state index < -0.39 is 0 Å². The number of pyridine rings is 1. The predicted octanol–water partition coefficient (Wildman–Crippen LogP) is 7.02. The number of benzene rings is 4.